The molecule has 1 aromatic heterocycles. The van der Waals surface area contributed by atoms with Crippen LogP contribution in [0.4, 0.5) is 0 Å². The first kappa shape index (κ1) is 13.7. The van der Waals surface area contributed by atoms with Crippen LogP contribution in [0, 0.1) is 12.8 Å². The molecular formula is C13H24N2S. The van der Waals surface area contributed by atoms with Crippen LogP contribution in [0.15, 0.2) is 5.38 Å². The maximum atomic E-state index is 4.46. The van der Waals surface area contributed by atoms with Gasteiger partial charge < -0.3 is 5.32 Å². The maximum absolute atomic E-state index is 4.46. The molecular weight excluding hydrogens is 216 g/mol. The van der Waals surface area contributed by atoms with Crippen LogP contribution >= 0.6 is 11.3 Å². The minimum atomic E-state index is 0.627. The van der Waals surface area contributed by atoms with E-state index in [4.69, 9.17) is 0 Å². The highest BCUT2D eigenvalue weighted by Gasteiger charge is 2.03. The first-order valence-corrected chi connectivity index (χ1v) is 7.10. The molecule has 0 saturated carbocycles. The van der Waals surface area contributed by atoms with Crippen molar-refractivity contribution in [3.63, 3.8) is 0 Å². The summed E-state index contributed by atoms with van der Waals surface area (Å²) in [5.74, 6) is 0.811. The monoisotopic (exact) mass is 240 g/mol. The van der Waals surface area contributed by atoms with E-state index in [9.17, 15) is 0 Å². The summed E-state index contributed by atoms with van der Waals surface area (Å²) in [7, 11) is 0. The Labute approximate surface area is 103 Å². The number of hydrogen-bond acceptors (Lipinski definition) is 3. The van der Waals surface area contributed by atoms with Gasteiger partial charge in [0.2, 0.25) is 0 Å². The van der Waals surface area contributed by atoms with Gasteiger partial charge in [0.05, 0.1) is 10.7 Å². The van der Waals surface area contributed by atoms with E-state index in [0.717, 1.165) is 18.9 Å². The Balaban J connectivity index is 2.10. The largest absolute Gasteiger partial charge is 0.314 e. The zero-order valence-corrected chi connectivity index (χ0v) is 11.7. The van der Waals surface area contributed by atoms with Gasteiger partial charge in [0.15, 0.2) is 0 Å². The molecule has 0 fully saturated rings. The number of thiazole rings is 1. The summed E-state index contributed by atoms with van der Waals surface area (Å²) < 4.78 is 0. The van der Waals surface area contributed by atoms with E-state index in [-0.39, 0.29) is 0 Å². The summed E-state index contributed by atoms with van der Waals surface area (Å²) >= 11 is 1.74. The fourth-order valence-corrected chi connectivity index (χ4v) is 2.30. The van der Waals surface area contributed by atoms with Crippen molar-refractivity contribution in [3.05, 3.63) is 16.1 Å². The van der Waals surface area contributed by atoms with E-state index in [1.165, 1.54) is 23.5 Å². The summed E-state index contributed by atoms with van der Waals surface area (Å²) in [4.78, 5) is 4.46. The molecule has 92 valence electrons. The first-order chi connectivity index (χ1) is 7.58. The fourth-order valence-electron chi connectivity index (χ4n) is 1.66. The highest BCUT2D eigenvalue weighted by Crippen LogP contribution is 2.09. The Hall–Kier alpha value is -0.410. The minimum Gasteiger partial charge on any atom is -0.314 e. The lowest BCUT2D eigenvalue weighted by atomic mass is 10.0. The van der Waals surface area contributed by atoms with Crippen LogP contribution in [0.25, 0.3) is 0 Å². The zero-order chi connectivity index (χ0) is 12.0. The molecule has 2 nitrogen and oxygen atoms in total. The van der Waals surface area contributed by atoms with Crippen LogP contribution in [-0.4, -0.2) is 17.6 Å². The topological polar surface area (TPSA) is 24.9 Å². The number of hydrogen-bond donors (Lipinski definition) is 1. The van der Waals surface area contributed by atoms with Crippen LogP contribution in [0.5, 0.6) is 0 Å². The van der Waals surface area contributed by atoms with Gasteiger partial charge in [-0.25, -0.2) is 4.98 Å². The van der Waals surface area contributed by atoms with E-state index >= 15 is 0 Å². The lowest BCUT2D eigenvalue weighted by molar-refractivity contribution is 0.453. The van der Waals surface area contributed by atoms with Gasteiger partial charge in [0.1, 0.15) is 0 Å². The molecule has 1 atom stereocenters. The third-order valence-corrected chi connectivity index (χ3v) is 3.54. The van der Waals surface area contributed by atoms with Gasteiger partial charge in [-0.3, -0.25) is 0 Å². The Bertz CT molecular complexity index is 294. The normalized spacial score (nSPS) is 13.3. The summed E-state index contributed by atoms with van der Waals surface area (Å²) in [5.41, 5.74) is 1.23. The predicted molar refractivity (Wildman–Crippen MR) is 72.1 cm³/mol. The molecule has 1 unspecified atom stereocenters. The number of aryl methyl sites for hydroxylation is 1. The molecule has 0 radical (unpaired) electrons. The highest BCUT2D eigenvalue weighted by atomic mass is 32.1. The molecule has 1 N–H and O–H groups in total. The Morgan fingerprint density at radius 2 is 2.06 bits per heavy atom. The van der Waals surface area contributed by atoms with E-state index in [1.807, 2.05) is 0 Å². The molecule has 1 rings (SSSR count). The van der Waals surface area contributed by atoms with Crippen molar-refractivity contribution in [2.75, 3.05) is 6.54 Å². The molecule has 0 aliphatic heterocycles. The van der Waals surface area contributed by atoms with Crippen molar-refractivity contribution >= 4 is 11.3 Å². The smallest absolute Gasteiger partial charge is 0.0897 e. The van der Waals surface area contributed by atoms with Crippen LogP contribution < -0.4 is 5.32 Å². The lowest BCUT2D eigenvalue weighted by Gasteiger charge is -2.14. The van der Waals surface area contributed by atoms with Crippen LogP contribution in [-0.2, 0) is 6.42 Å². The Morgan fingerprint density at radius 1 is 1.31 bits per heavy atom. The number of rotatable bonds is 7. The van der Waals surface area contributed by atoms with Gasteiger partial charge >= 0.3 is 0 Å². The van der Waals surface area contributed by atoms with Crippen molar-refractivity contribution < 1.29 is 0 Å². The van der Waals surface area contributed by atoms with E-state index < -0.39 is 0 Å². The van der Waals surface area contributed by atoms with Crippen LogP contribution in [0.2, 0.25) is 0 Å². The molecule has 0 aliphatic rings. The van der Waals surface area contributed by atoms with Crippen molar-refractivity contribution in [2.24, 2.45) is 5.92 Å². The quantitative estimate of drug-likeness (QED) is 0.790. The fraction of sp³-hybridized carbons (Fsp3) is 0.769. The van der Waals surface area contributed by atoms with Gasteiger partial charge in [-0.15, -0.1) is 11.3 Å². The lowest BCUT2D eigenvalue weighted by Crippen LogP contribution is -2.28. The third kappa shape index (κ3) is 5.61. The van der Waals surface area contributed by atoms with E-state index in [2.05, 4.69) is 43.4 Å². The van der Waals surface area contributed by atoms with Gasteiger partial charge in [-0.2, -0.15) is 0 Å². The second kappa shape index (κ2) is 7.02. The molecule has 0 aromatic carbocycles. The summed E-state index contributed by atoms with van der Waals surface area (Å²) in [6, 6.07) is 0.627. The molecule has 0 saturated heterocycles. The van der Waals surface area contributed by atoms with Gasteiger partial charge in [-0.1, -0.05) is 13.8 Å². The van der Waals surface area contributed by atoms with Crippen LogP contribution in [0.3, 0.4) is 0 Å². The third-order valence-electron chi connectivity index (χ3n) is 2.72. The van der Waals surface area contributed by atoms with E-state index in [0.29, 0.717) is 6.04 Å². The van der Waals surface area contributed by atoms with Crippen LogP contribution in [0.1, 0.15) is 44.3 Å². The van der Waals surface area contributed by atoms with Crippen molar-refractivity contribution in [3.8, 4) is 0 Å². The molecule has 0 amide bonds. The SMILES string of the molecule is Cc1nc(CCNC(C)CCC(C)C)cs1. The average molecular weight is 240 g/mol. The van der Waals surface area contributed by atoms with Crippen molar-refractivity contribution in [2.45, 2.75) is 53.0 Å². The summed E-state index contributed by atoms with van der Waals surface area (Å²) in [6.07, 6.45) is 3.63. The first-order valence-electron chi connectivity index (χ1n) is 6.22. The number of aromatic nitrogens is 1. The maximum Gasteiger partial charge on any atom is 0.0897 e. The Morgan fingerprint density at radius 3 is 2.62 bits per heavy atom. The summed E-state index contributed by atoms with van der Waals surface area (Å²) in [5, 5.41) is 6.89. The number of nitrogens with one attached hydrogen (secondary N) is 1. The van der Waals surface area contributed by atoms with Gasteiger partial charge in [0, 0.05) is 24.4 Å². The molecule has 16 heavy (non-hydrogen) atoms. The average Bonchev–Trinajstić information content (AvgIpc) is 2.61. The summed E-state index contributed by atoms with van der Waals surface area (Å²) in [6.45, 7) is 9.94. The second-order valence-electron chi connectivity index (χ2n) is 4.93. The highest BCUT2D eigenvalue weighted by molar-refractivity contribution is 7.09. The molecule has 3 heteroatoms. The van der Waals surface area contributed by atoms with Gasteiger partial charge in [-0.05, 0) is 32.6 Å². The van der Waals surface area contributed by atoms with Gasteiger partial charge in [0.25, 0.3) is 0 Å². The predicted octanol–water partition coefficient (Wildman–Crippen LogP) is 3.41. The molecule has 0 spiro atoms. The number of nitrogens with zero attached hydrogens (tertiary/aromatic N) is 1. The Kier molecular flexibility index (Phi) is 5.99. The van der Waals surface area contributed by atoms with Crippen molar-refractivity contribution in [1.29, 1.82) is 0 Å². The molecule has 1 heterocycles. The van der Waals surface area contributed by atoms with E-state index in [1.54, 1.807) is 11.3 Å². The second-order valence-corrected chi connectivity index (χ2v) is 6.00. The zero-order valence-electron chi connectivity index (χ0n) is 10.9. The molecule has 0 bridgehead atoms. The molecule has 0 aliphatic carbocycles. The molecule has 1 aromatic rings. The standard InChI is InChI=1S/C13H24N2S/c1-10(2)5-6-11(3)14-8-7-13-9-16-12(4)15-13/h9-11,14H,5-8H2,1-4H3. The minimum absolute atomic E-state index is 0.627. The van der Waals surface area contributed by atoms with Crippen molar-refractivity contribution in [1.82, 2.24) is 10.3 Å².